The first-order valence-corrected chi connectivity index (χ1v) is 6.76. The van der Waals surface area contributed by atoms with Crippen molar-refractivity contribution in [2.24, 2.45) is 0 Å². The van der Waals surface area contributed by atoms with E-state index in [0.717, 1.165) is 17.0 Å². The van der Waals surface area contributed by atoms with Crippen LogP contribution in [-0.2, 0) is 0 Å². The van der Waals surface area contributed by atoms with Gasteiger partial charge in [0.25, 0.3) is 0 Å². The topological polar surface area (TPSA) is 71.5 Å². The van der Waals surface area contributed by atoms with E-state index in [1.54, 1.807) is 13.0 Å². The first kappa shape index (κ1) is 13.4. The van der Waals surface area contributed by atoms with Gasteiger partial charge in [-0.25, -0.2) is 9.78 Å². The van der Waals surface area contributed by atoms with Crippen molar-refractivity contribution in [3.8, 4) is 5.75 Å². The minimum Gasteiger partial charge on any atom is -0.491 e. The quantitative estimate of drug-likeness (QED) is 0.906. The Bertz CT molecular complexity index is 713. The number of rotatable bonds is 3. The molecule has 21 heavy (non-hydrogen) atoms. The van der Waals surface area contributed by atoms with Gasteiger partial charge in [-0.3, -0.25) is 0 Å². The fourth-order valence-electron chi connectivity index (χ4n) is 2.66. The molecule has 5 nitrogen and oxygen atoms in total. The minimum absolute atomic E-state index is 0.0898. The number of carboxylic acids is 1. The van der Waals surface area contributed by atoms with E-state index in [1.807, 2.05) is 31.2 Å². The Morgan fingerprint density at radius 2 is 2.14 bits per heavy atom. The normalized spacial score (nSPS) is 16.2. The summed E-state index contributed by atoms with van der Waals surface area (Å²) in [6.07, 6.45) is 0. The van der Waals surface area contributed by atoms with Crippen LogP contribution in [-0.4, -0.2) is 22.7 Å². The van der Waals surface area contributed by atoms with Crippen molar-refractivity contribution in [1.82, 2.24) is 4.98 Å². The van der Waals surface area contributed by atoms with Gasteiger partial charge in [-0.1, -0.05) is 18.2 Å². The van der Waals surface area contributed by atoms with Crippen molar-refractivity contribution in [2.75, 3.05) is 11.9 Å². The zero-order valence-corrected chi connectivity index (χ0v) is 11.9. The number of aromatic nitrogens is 1. The molecule has 1 aliphatic heterocycles. The molecule has 0 aliphatic carbocycles. The Balaban J connectivity index is 1.98. The van der Waals surface area contributed by atoms with Crippen LogP contribution in [0.5, 0.6) is 5.75 Å². The summed E-state index contributed by atoms with van der Waals surface area (Å²) in [6.45, 7) is 4.10. The number of benzene rings is 1. The molecular formula is C16H16N2O3. The van der Waals surface area contributed by atoms with Gasteiger partial charge in [0, 0.05) is 11.3 Å². The molecule has 1 aromatic heterocycles. The average Bonchev–Trinajstić information content (AvgIpc) is 2.81. The molecule has 0 radical (unpaired) electrons. The van der Waals surface area contributed by atoms with Gasteiger partial charge in [-0.05, 0) is 31.5 Å². The highest BCUT2D eigenvalue weighted by molar-refractivity contribution is 5.95. The molecule has 0 saturated heterocycles. The second-order valence-corrected chi connectivity index (χ2v) is 5.16. The number of pyridine rings is 1. The molecule has 3 rings (SSSR count). The highest BCUT2D eigenvalue weighted by atomic mass is 16.5. The van der Waals surface area contributed by atoms with Gasteiger partial charge in [-0.2, -0.15) is 0 Å². The number of carboxylic acid groups (broad SMARTS) is 1. The van der Waals surface area contributed by atoms with Gasteiger partial charge in [0.15, 0.2) is 0 Å². The molecule has 0 bridgehead atoms. The highest BCUT2D eigenvalue weighted by Crippen LogP contribution is 2.34. The zero-order valence-electron chi connectivity index (χ0n) is 11.9. The molecule has 108 valence electrons. The molecule has 2 heterocycles. The van der Waals surface area contributed by atoms with E-state index in [9.17, 15) is 9.90 Å². The first-order chi connectivity index (χ1) is 10.1. The van der Waals surface area contributed by atoms with Gasteiger partial charge in [0.1, 0.15) is 23.7 Å². The Hall–Kier alpha value is -2.56. The number of hydrogen-bond acceptors (Lipinski definition) is 4. The SMILES string of the molecule is Cc1cc(C)c(C(=O)O)c(NC2COc3ccccc32)n1. The number of para-hydroxylation sites is 1. The van der Waals surface area contributed by atoms with Crippen molar-refractivity contribution in [2.45, 2.75) is 19.9 Å². The van der Waals surface area contributed by atoms with Crippen LogP contribution in [0.15, 0.2) is 30.3 Å². The number of nitrogens with one attached hydrogen (secondary N) is 1. The fourth-order valence-corrected chi connectivity index (χ4v) is 2.66. The maximum atomic E-state index is 11.5. The number of carbonyl (C=O) groups is 1. The van der Waals surface area contributed by atoms with E-state index in [4.69, 9.17) is 4.74 Å². The Kier molecular flexibility index (Phi) is 3.25. The summed E-state index contributed by atoms with van der Waals surface area (Å²) in [5, 5.41) is 12.6. The maximum absolute atomic E-state index is 11.5. The third-order valence-corrected chi connectivity index (χ3v) is 3.57. The van der Waals surface area contributed by atoms with Gasteiger partial charge in [-0.15, -0.1) is 0 Å². The maximum Gasteiger partial charge on any atom is 0.339 e. The van der Waals surface area contributed by atoms with E-state index >= 15 is 0 Å². The van der Waals surface area contributed by atoms with Crippen LogP contribution in [0, 0.1) is 13.8 Å². The molecular weight excluding hydrogens is 268 g/mol. The summed E-state index contributed by atoms with van der Waals surface area (Å²) < 4.78 is 5.61. The molecule has 1 aromatic carbocycles. The third kappa shape index (κ3) is 2.42. The number of nitrogens with zero attached hydrogens (tertiary/aromatic N) is 1. The Morgan fingerprint density at radius 3 is 2.90 bits per heavy atom. The third-order valence-electron chi connectivity index (χ3n) is 3.57. The first-order valence-electron chi connectivity index (χ1n) is 6.76. The van der Waals surface area contributed by atoms with Crippen LogP contribution < -0.4 is 10.1 Å². The lowest BCUT2D eigenvalue weighted by atomic mass is 10.1. The summed E-state index contributed by atoms with van der Waals surface area (Å²) in [5.74, 6) is 0.247. The van der Waals surface area contributed by atoms with Crippen molar-refractivity contribution in [3.05, 3.63) is 52.7 Å². The summed E-state index contributed by atoms with van der Waals surface area (Å²) in [6, 6.07) is 9.42. The van der Waals surface area contributed by atoms with Gasteiger partial charge in [0.2, 0.25) is 0 Å². The molecule has 0 fully saturated rings. The van der Waals surface area contributed by atoms with Crippen LogP contribution in [0.25, 0.3) is 0 Å². The number of aryl methyl sites for hydroxylation is 2. The molecule has 1 aliphatic rings. The monoisotopic (exact) mass is 284 g/mol. The van der Waals surface area contributed by atoms with Crippen LogP contribution >= 0.6 is 0 Å². The number of aromatic carboxylic acids is 1. The second-order valence-electron chi connectivity index (χ2n) is 5.16. The van der Waals surface area contributed by atoms with Gasteiger partial charge < -0.3 is 15.2 Å². The molecule has 0 amide bonds. The fraction of sp³-hybridized carbons (Fsp3) is 0.250. The van der Waals surface area contributed by atoms with Crippen molar-refractivity contribution in [1.29, 1.82) is 0 Å². The van der Waals surface area contributed by atoms with E-state index in [2.05, 4.69) is 10.3 Å². The molecule has 0 spiro atoms. The number of ether oxygens (including phenoxy) is 1. The summed E-state index contributed by atoms with van der Waals surface area (Å²) >= 11 is 0. The molecule has 0 saturated carbocycles. The van der Waals surface area contributed by atoms with Crippen LogP contribution in [0.4, 0.5) is 5.82 Å². The largest absolute Gasteiger partial charge is 0.491 e. The van der Waals surface area contributed by atoms with E-state index < -0.39 is 5.97 Å². The van der Waals surface area contributed by atoms with Crippen LogP contribution in [0.2, 0.25) is 0 Å². The molecule has 1 atom stereocenters. The second kappa shape index (κ2) is 5.09. The van der Waals surface area contributed by atoms with Crippen molar-refractivity contribution in [3.63, 3.8) is 0 Å². The van der Waals surface area contributed by atoms with Gasteiger partial charge >= 0.3 is 5.97 Å². The lowest BCUT2D eigenvalue weighted by Crippen LogP contribution is -2.17. The zero-order chi connectivity index (χ0) is 15.0. The summed E-state index contributed by atoms with van der Waals surface area (Å²) in [5.41, 5.74) is 2.72. The van der Waals surface area contributed by atoms with Gasteiger partial charge in [0.05, 0.1) is 6.04 Å². The lowest BCUT2D eigenvalue weighted by molar-refractivity contribution is 0.0696. The van der Waals surface area contributed by atoms with E-state index in [-0.39, 0.29) is 11.6 Å². The van der Waals surface area contributed by atoms with E-state index in [0.29, 0.717) is 18.0 Å². The van der Waals surface area contributed by atoms with Crippen LogP contribution in [0.1, 0.15) is 33.2 Å². The van der Waals surface area contributed by atoms with E-state index in [1.165, 1.54) is 0 Å². The highest BCUT2D eigenvalue weighted by Gasteiger charge is 2.26. The number of anilines is 1. The Morgan fingerprint density at radius 1 is 1.38 bits per heavy atom. The number of hydrogen-bond donors (Lipinski definition) is 2. The predicted octanol–water partition coefficient (Wildman–Crippen LogP) is 2.94. The average molecular weight is 284 g/mol. The molecule has 2 aromatic rings. The summed E-state index contributed by atoms with van der Waals surface area (Å²) in [4.78, 5) is 15.8. The predicted molar refractivity (Wildman–Crippen MR) is 79.0 cm³/mol. The minimum atomic E-state index is -0.977. The standard InChI is InChI=1S/C16H16N2O3/c1-9-7-10(2)17-15(14(9)16(19)20)18-12-8-21-13-6-4-3-5-11(12)13/h3-7,12H,8H2,1-2H3,(H,17,18)(H,19,20). The molecule has 5 heteroatoms. The smallest absolute Gasteiger partial charge is 0.339 e. The van der Waals surface area contributed by atoms with Crippen LogP contribution in [0.3, 0.4) is 0 Å². The molecule has 2 N–H and O–H groups in total. The lowest BCUT2D eigenvalue weighted by Gasteiger charge is -2.16. The summed E-state index contributed by atoms with van der Waals surface area (Å²) in [7, 11) is 0. The van der Waals surface area contributed by atoms with Crippen molar-refractivity contribution >= 4 is 11.8 Å². The Labute approximate surface area is 122 Å². The van der Waals surface area contributed by atoms with Crippen molar-refractivity contribution < 1.29 is 14.6 Å². The number of fused-ring (bicyclic) bond motifs is 1. The molecule has 1 unspecified atom stereocenters.